The van der Waals surface area contributed by atoms with Crippen LogP contribution in [0.2, 0.25) is 5.02 Å². The van der Waals surface area contributed by atoms with E-state index in [1.54, 1.807) is 6.07 Å². The maximum atomic E-state index is 13.0. The molecule has 0 atom stereocenters. The number of hydrogen-bond acceptors (Lipinski definition) is 2. The van der Waals surface area contributed by atoms with Crippen LogP contribution >= 0.6 is 24.0 Å². The van der Waals surface area contributed by atoms with Crippen molar-refractivity contribution in [3.63, 3.8) is 0 Å². The number of nitrogens with zero attached hydrogens (tertiary/aromatic N) is 1. The van der Waals surface area contributed by atoms with Gasteiger partial charge in [0, 0.05) is 17.6 Å². The molecule has 2 nitrogen and oxygen atoms in total. The molecule has 5 heteroatoms. The summed E-state index contributed by atoms with van der Waals surface area (Å²) >= 11 is 6.09. The fourth-order valence-electron chi connectivity index (χ4n) is 2.84. The summed E-state index contributed by atoms with van der Waals surface area (Å²) in [7, 11) is 0. The number of rotatable bonds is 5. The van der Waals surface area contributed by atoms with Crippen molar-refractivity contribution in [3.05, 3.63) is 34.6 Å². The SMILES string of the molecule is Cl.Fc1ccc(CN2CCC(NCC3CC3)CC2)c(Cl)c1. The molecule has 1 aromatic rings. The van der Waals surface area contributed by atoms with E-state index in [1.807, 2.05) is 0 Å². The Labute approximate surface area is 137 Å². The second-order valence-corrected chi connectivity index (χ2v) is 6.54. The summed E-state index contributed by atoms with van der Waals surface area (Å²) < 4.78 is 13.0. The molecule has 1 aliphatic heterocycles. The zero-order valence-corrected chi connectivity index (χ0v) is 13.7. The Hall–Kier alpha value is -0.350. The lowest BCUT2D eigenvalue weighted by Crippen LogP contribution is -2.42. The summed E-state index contributed by atoms with van der Waals surface area (Å²) in [6.07, 6.45) is 5.22. The number of piperidine rings is 1. The van der Waals surface area contributed by atoms with Crippen LogP contribution < -0.4 is 5.32 Å². The average Bonchev–Trinajstić information content (AvgIpc) is 3.25. The highest BCUT2D eigenvalue weighted by Gasteiger charge is 2.24. The van der Waals surface area contributed by atoms with Gasteiger partial charge in [-0.05, 0) is 68.9 Å². The van der Waals surface area contributed by atoms with Crippen molar-refractivity contribution in [1.82, 2.24) is 10.2 Å². The fraction of sp³-hybridized carbons (Fsp3) is 0.625. The molecule has 1 aliphatic carbocycles. The maximum Gasteiger partial charge on any atom is 0.124 e. The van der Waals surface area contributed by atoms with Crippen LogP contribution in [0.4, 0.5) is 4.39 Å². The first kappa shape index (κ1) is 17.0. The highest BCUT2D eigenvalue weighted by Crippen LogP contribution is 2.28. The summed E-state index contributed by atoms with van der Waals surface area (Å²) in [5, 5.41) is 4.23. The summed E-state index contributed by atoms with van der Waals surface area (Å²) in [5.74, 6) is 0.688. The van der Waals surface area contributed by atoms with Crippen molar-refractivity contribution >= 4 is 24.0 Å². The van der Waals surface area contributed by atoms with E-state index >= 15 is 0 Å². The second kappa shape index (κ2) is 7.77. The zero-order valence-electron chi connectivity index (χ0n) is 12.2. The number of halogens is 3. The third-order valence-corrected chi connectivity index (χ3v) is 4.74. The third kappa shape index (κ3) is 5.10. The van der Waals surface area contributed by atoms with Crippen LogP contribution in [0.5, 0.6) is 0 Å². The van der Waals surface area contributed by atoms with E-state index in [9.17, 15) is 4.39 Å². The summed E-state index contributed by atoms with van der Waals surface area (Å²) in [4.78, 5) is 2.41. The molecule has 3 rings (SSSR count). The second-order valence-electron chi connectivity index (χ2n) is 6.14. The molecule has 1 saturated heterocycles. The van der Waals surface area contributed by atoms with Gasteiger partial charge in [-0.3, -0.25) is 4.90 Å². The molecule has 118 valence electrons. The van der Waals surface area contributed by atoms with Gasteiger partial charge in [0.25, 0.3) is 0 Å². The summed E-state index contributed by atoms with van der Waals surface area (Å²) in [6.45, 7) is 4.22. The molecular formula is C16H23Cl2FN2. The van der Waals surface area contributed by atoms with Gasteiger partial charge in [-0.1, -0.05) is 17.7 Å². The lowest BCUT2D eigenvalue weighted by molar-refractivity contribution is 0.190. The molecule has 2 aliphatic rings. The Morgan fingerprint density at radius 2 is 1.90 bits per heavy atom. The Morgan fingerprint density at radius 3 is 2.52 bits per heavy atom. The van der Waals surface area contributed by atoms with Crippen LogP contribution in [-0.2, 0) is 6.54 Å². The normalized spacial score (nSPS) is 20.3. The van der Waals surface area contributed by atoms with Crippen molar-refractivity contribution in [2.24, 2.45) is 5.92 Å². The van der Waals surface area contributed by atoms with E-state index in [1.165, 1.54) is 44.4 Å². The van der Waals surface area contributed by atoms with Gasteiger partial charge in [0.15, 0.2) is 0 Å². The largest absolute Gasteiger partial charge is 0.314 e. The van der Waals surface area contributed by atoms with Gasteiger partial charge in [0.1, 0.15) is 5.82 Å². The van der Waals surface area contributed by atoms with Crippen molar-refractivity contribution in [2.45, 2.75) is 38.3 Å². The van der Waals surface area contributed by atoms with Gasteiger partial charge in [0.05, 0.1) is 0 Å². The van der Waals surface area contributed by atoms with Crippen LogP contribution in [0.15, 0.2) is 18.2 Å². The fourth-order valence-corrected chi connectivity index (χ4v) is 3.07. The van der Waals surface area contributed by atoms with Gasteiger partial charge in [0.2, 0.25) is 0 Å². The number of likely N-dealkylation sites (tertiary alicyclic amines) is 1. The molecule has 0 bridgehead atoms. The molecule has 2 fully saturated rings. The molecule has 0 aromatic heterocycles. The molecule has 1 heterocycles. The number of nitrogens with one attached hydrogen (secondary N) is 1. The van der Waals surface area contributed by atoms with Crippen LogP contribution in [0.1, 0.15) is 31.2 Å². The lowest BCUT2D eigenvalue weighted by Gasteiger charge is -2.32. The summed E-state index contributed by atoms with van der Waals surface area (Å²) in [5.41, 5.74) is 1.03. The predicted molar refractivity (Wildman–Crippen MR) is 87.7 cm³/mol. The smallest absolute Gasteiger partial charge is 0.124 e. The highest BCUT2D eigenvalue weighted by molar-refractivity contribution is 6.31. The molecule has 1 N–H and O–H groups in total. The predicted octanol–water partition coefficient (Wildman–Crippen LogP) is 3.86. The monoisotopic (exact) mass is 332 g/mol. The van der Waals surface area contributed by atoms with Gasteiger partial charge in [-0.25, -0.2) is 4.39 Å². The van der Waals surface area contributed by atoms with Crippen molar-refractivity contribution in [3.8, 4) is 0 Å². The highest BCUT2D eigenvalue weighted by atomic mass is 35.5. The van der Waals surface area contributed by atoms with Crippen molar-refractivity contribution in [1.29, 1.82) is 0 Å². The van der Waals surface area contributed by atoms with E-state index in [-0.39, 0.29) is 18.2 Å². The summed E-state index contributed by atoms with van der Waals surface area (Å²) in [6, 6.07) is 5.37. The average molecular weight is 333 g/mol. The quantitative estimate of drug-likeness (QED) is 0.880. The van der Waals surface area contributed by atoms with Crippen LogP contribution in [0, 0.1) is 11.7 Å². The molecule has 0 unspecified atom stereocenters. The Balaban J connectivity index is 0.00000161. The molecule has 0 spiro atoms. The standard InChI is InChI=1S/C16H22ClFN2.ClH/c17-16-9-14(18)4-3-13(16)11-20-7-5-15(6-8-20)19-10-12-1-2-12;/h3-4,9,12,15,19H,1-2,5-8,10-11H2;1H. The third-order valence-electron chi connectivity index (χ3n) is 4.39. The van der Waals surface area contributed by atoms with Crippen molar-refractivity contribution in [2.75, 3.05) is 19.6 Å². The zero-order chi connectivity index (χ0) is 13.9. The molecule has 0 radical (unpaired) electrons. The molecule has 1 aromatic carbocycles. The first-order valence-electron chi connectivity index (χ1n) is 7.60. The minimum absolute atomic E-state index is 0. The maximum absolute atomic E-state index is 13.0. The molecule has 1 saturated carbocycles. The van der Waals surface area contributed by atoms with E-state index in [0.717, 1.165) is 31.1 Å². The minimum Gasteiger partial charge on any atom is -0.314 e. The van der Waals surface area contributed by atoms with Crippen LogP contribution in [0.25, 0.3) is 0 Å². The lowest BCUT2D eigenvalue weighted by atomic mass is 10.0. The molecule has 21 heavy (non-hydrogen) atoms. The first-order chi connectivity index (χ1) is 9.70. The van der Waals surface area contributed by atoms with E-state index in [0.29, 0.717) is 11.1 Å². The van der Waals surface area contributed by atoms with Crippen LogP contribution in [-0.4, -0.2) is 30.6 Å². The van der Waals surface area contributed by atoms with E-state index < -0.39 is 0 Å². The Kier molecular flexibility index (Phi) is 6.30. The van der Waals surface area contributed by atoms with Crippen molar-refractivity contribution < 1.29 is 4.39 Å². The van der Waals surface area contributed by atoms with Gasteiger partial charge in [-0.15, -0.1) is 12.4 Å². The topological polar surface area (TPSA) is 15.3 Å². The van der Waals surface area contributed by atoms with Gasteiger partial charge >= 0.3 is 0 Å². The minimum atomic E-state index is -0.262. The number of benzene rings is 1. The molecular weight excluding hydrogens is 310 g/mol. The first-order valence-corrected chi connectivity index (χ1v) is 7.98. The Morgan fingerprint density at radius 1 is 1.19 bits per heavy atom. The van der Waals surface area contributed by atoms with E-state index in [2.05, 4.69) is 10.2 Å². The van der Waals surface area contributed by atoms with E-state index in [4.69, 9.17) is 11.6 Å². The Bertz CT molecular complexity index is 458. The number of hydrogen-bond donors (Lipinski definition) is 1. The van der Waals surface area contributed by atoms with Gasteiger partial charge in [-0.2, -0.15) is 0 Å². The molecule has 0 amide bonds. The van der Waals surface area contributed by atoms with Crippen LogP contribution in [0.3, 0.4) is 0 Å². The van der Waals surface area contributed by atoms with Gasteiger partial charge < -0.3 is 5.32 Å².